The second-order valence-corrected chi connectivity index (χ2v) is 6.02. The number of nitrogens with one attached hydrogen (secondary N) is 2. The predicted molar refractivity (Wildman–Crippen MR) is 86.0 cm³/mol. The molecule has 0 saturated carbocycles. The summed E-state index contributed by atoms with van der Waals surface area (Å²) >= 11 is 0. The summed E-state index contributed by atoms with van der Waals surface area (Å²) in [5.41, 5.74) is 2.71. The van der Waals surface area contributed by atoms with Gasteiger partial charge in [0.25, 0.3) is 0 Å². The van der Waals surface area contributed by atoms with Crippen LogP contribution in [-0.2, 0) is 6.42 Å². The van der Waals surface area contributed by atoms with E-state index < -0.39 is 5.54 Å². The number of rotatable bonds is 4. The molecule has 0 fully saturated rings. The molecule has 1 atom stereocenters. The highest BCUT2D eigenvalue weighted by Gasteiger charge is 2.23. The van der Waals surface area contributed by atoms with Crippen LogP contribution < -0.4 is 15.5 Å². The van der Waals surface area contributed by atoms with Gasteiger partial charge in [-0.15, -0.1) is 0 Å². The van der Waals surface area contributed by atoms with Crippen molar-refractivity contribution in [3.63, 3.8) is 0 Å². The molecule has 5 heteroatoms. The maximum Gasteiger partial charge on any atom is 0.319 e. The summed E-state index contributed by atoms with van der Waals surface area (Å²) in [4.78, 5) is 14.3. The van der Waals surface area contributed by atoms with Gasteiger partial charge in [-0.1, -0.05) is 6.92 Å². The van der Waals surface area contributed by atoms with Gasteiger partial charge in [-0.05, 0) is 49.9 Å². The van der Waals surface area contributed by atoms with Crippen LogP contribution in [0.15, 0.2) is 18.2 Å². The van der Waals surface area contributed by atoms with Crippen molar-refractivity contribution in [3.8, 4) is 0 Å². The zero-order chi connectivity index (χ0) is 15.5. The van der Waals surface area contributed by atoms with Crippen molar-refractivity contribution in [2.75, 3.05) is 30.4 Å². The van der Waals surface area contributed by atoms with Gasteiger partial charge in [0.1, 0.15) is 0 Å². The molecule has 0 bridgehead atoms. The lowest BCUT2D eigenvalue weighted by molar-refractivity contribution is 0.172. The smallest absolute Gasteiger partial charge is 0.319 e. The minimum Gasteiger partial charge on any atom is -0.394 e. The van der Waals surface area contributed by atoms with Crippen LogP contribution in [-0.4, -0.2) is 36.9 Å². The zero-order valence-electron chi connectivity index (χ0n) is 13.1. The normalized spacial score (nSPS) is 16.9. The van der Waals surface area contributed by atoms with E-state index in [1.807, 2.05) is 26.0 Å². The van der Waals surface area contributed by atoms with Crippen LogP contribution >= 0.6 is 0 Å². The predicted octanol–water partition coefficient (Wildman–Crippen LogP) is 2.35. The molecule has 1 aliphatic heterocycles. The molecule has 0 radical (unpaired) electrons. The van der Waals surface area contributed by atoms with Gasteiger partial charge in [0, 0.05) is 25.0 Å². The SMILES string of the molecule is CCC(C)(CO)NC(=O)Nc1ccc2c(c1)CCCN2C. The summed E-state index contributed by atoms with van der Waals surface area (Å²) in [6, 6.07) is 5.72. The van der Waals surface area contributed by atoms with Crippen molar-refractivity contribution in [3.05, 3.63) is 23.8 Å². The first-order valence-corrected chi connectivity index (χ1v) is 7.51. The Hall–Kier alpha value is -1.75. The van der Waals surface area contributed by atoms with Crippen LogP contribution in [0, 0.1) is 0 Å². The van der Waals surface area contributed by atoms with E-state index in [4.69, 9.17) is 0 Å². The largest absolute Gasteiger partial charge is 0.394 e. The van der Waals surface area contributed by atoms with E-state index in [2.05, 4.69) is 28.6 Å². The molecule has 0 aromatic heterocycles. The number of aliphatic hydroxyl groups is 1. The number of hydrogen-bond acceptors (Lipinski definition) is 3. The Balaban J connectivity index is 2.05. The van der Waals surface area contributed by atoms with E-state index in [0.717, 1.165) is 25.1 Å². The molecular formula is C16H25N3O2. The maximum atomic E-state index is 12.0. The van der Waals surface area contributed by atoms with Crippen LogP contribution in [0.5, 0.6) is 0 Å². The molecule has 2 rings (SSSR count). The number of carbonyl (C=O) groups excluding carboxylic acids is 1. The van der Waals surface area contributed by atoms with Gasteiger partial charge in [-0.25, -0.2) is 4.79 Å². The van der Waals surface area contributed by atoms with Crippen LogP contribution in [0.25, 0.3) is 0 Å². The number of nitrogens with zero attached hydrogens (tertiary/aromatic N) is 1. The highest BCUT2D eigenvalue weighted by molar-refractivity contribution is 5.90. The lowest BCUT2D eigenvalue weighted by atomic mass is 10.0. The molecule has 5 nitrogen and oxygen atoms in total. The Kier molecular flexibility index (Phi) is 4.73. The highest BCUT2D eigenvalue weighted by Crippen LogP contribution is 2.28. The zero-order valence-corrected chi connectivity index (χ0v) is 13.1. The fraction of sp³-hybridized carbons (Fsp3) is 0.562. The fourth-order valence-corrected chi connectivity index (χ4v) is 2.54. The van der Waals surface area contributed by atoms with Gasteiger partial charge in [-0.3, -0.25) is 0 Å². The van der Waals surface area contributed by atoms with Crippen molar-refractivity contribution >= 4 is 17.4 Å². The first kappa shape index (κ1) is 15.6. The maximum absolute atomic E-state index is 12.0. The van der Waals surface area contributed by atoms with E-state index in [1.54, 1.807) is 0 Å². The number of fused-ring (bicyclic) bond motifs is 1. The third-order valence-corrected chi connectivity index (χ3v) is 4.23. The molecule has 0 saturated heterocycles. The van der Waals surface area contributed by atoms with Crippen molar-refractivity contribution < 1.29 is 9.90 Å². The molecule has 1 aromatic rings. The summed E-state index contributed by atoms with van der Waals surface area (Å²) in [7, 11) is 2.09. The molecular weight excluding hydrogens is 266 g/mol. The summed E-state index contributed by atoms with van der Waals surface area (Å²) in [6.07, 6.45) is 2.85. The first-order chi connectivity index (χ1) is 9.97. The van der Waals surface area contributed by atoms with Gasteiger partial charge in [0.05, 0.1) is 12.1 Å². The second kappa shape index (κ2) is 6.35. The average Bonchev–Trinajstić information content (AvgIpc) is 2.47. The topological polar surface area (TPSA) is 64.6 Å². The summed E-state index contributed by atoms with van der Waals surface area (Å²) in [5, 5.41) is 15.0. The number of carbonyl (C=O) groups is 1. The molecule has 21 heavy (non-hydrogen) atoms. The third-order valence-electron chi connectivity index (χ3n) is 4.23. The van der Waals surface area contributed by atoms with Gasteiger partial charge in [-0.2, -0.15) is 0 Å². The van der Waals surface area contributed by atoms with Crippen molar-refractivity contribution in [1.29, 1.82) is 0 Å². The number of aryl methyl sites for hydroxylation is 1. The molecule has 0 aliphatic carbocycles. The van der Waals surface area contributed by atoms with Gasteiger partial charge < -0.3 is 20.6 Å². The van der Waals surface area contributed by atoms with Gasteiger partial charge in [0.2, 0.25) is 0 Å². The molecule has 1 heterocycles. The lowest BCUT2D eigenvalue weighted by Crippen LogP contribution is -2.50. The third kappa shape index (κ3) is 3.67. The molecule has 2 amide bonds. The molecule has 1 aromatic carbocycles. The Bertz CT molecular complexity index is 512. The summed E-state index contributed by atoms with van der Waals surface area (Å²) < 4.78 is 0. The lowest BCUT2D eigenvalue weighted by Gasteiger charge is -2.29. The number of hydrogen-bond donors (Lipinski definition) is 3. The number of amides is 2. The number of aliphatic hydroxyl groups excluding tert-OH is 1. The second-order valence-electron chi connectivity index (χ2n) is 6.02. The Morgan fingerprint density at radius 1 is 1.48 bits per heavy atom. The highest BCUT2D eigenvalue weighted by atomic mass is 16.3. The van der Waals surface area contributed by atoms with Crippen LogP contribution in [0.4, 0.5) is 16.2 Å². The summed E-state index contributed by atoms with van der Waals surface area (Å²) in [5.74, 6) is 0. The first-order valence-electron chi connectivity index (χ1n) is 7.51. The molecule has 3 N–H and O–H groups in total. The molecule has 1 unspecified atom stereocenters. The van der Waals surface area contributed by atoms with E-state index in [1.165, 1.54) is 11.3 Å². The van der Waals surface area contributed by atoms with Crippen LogP contribution in [0.3, 0.4) is 0 Å². The van der Waals surface area contributed by atoms with Gasteiger partial charge in [0.15, 0.2) is 0 Å². The summed E-state index contributed by atoms with van der Waals surface area (Å²) in [6.45, 7) is 4.76. The number of urea groups is 1. The van der Waals surface area contributed by atoms with E-state index in [-0.39, 0.29) is 12.6 Å². The van der Waals surface area contributed by atoms with E-state index in [9.17, 15) is 9.90 Å². The Labute approximate surface area is 126 Å². The average molecular weight is 291 g/mol. The van der Waals surface area contributed by atoms with E-state index in [0.29, 0.717) is 6.42 Å². The van der Waals surface area contributed by atoms with E-state index >= 15 is 0 Å². The van der Waals surface area contributed by atoms with Crippen molar-refractivity contribution in [2.45, 2.75) is 38.6 Å². The fourth-order valence-electron chi connectivity index (χ4n) is 2.54. The number of benzene rings is 1. The quantitative estimate of drug-likeness (QED) is 0.798. The standard InChI is InChI=1S/C16H25N3O2/c1-4-16(2,11-20)18-15(21)17-13-7-8-14-12(10-13)6-5-9-19(14)3/h7-8,10,20H,4-6,9,11H2,1-3H3,(H2,17,18,21). The Morgan fingerprint density at radius 2 is 2.24 bits per heavy atom. The molecule has 1 aliphatic rings. The molecule has 0 spiro atoms. The van der Waals surface area contributed by atoms with Gasteiger partial charge >= 0.3 is 6.03 Å². The minimum atomic E-state index is -0.585. The van der Waals surface area contributed by atoms with Crippen molar-refractivity contribution in [1.82, 2.24) is 5.32 Å². The Morgan fingerprint density at radius 3 is 2.90 bits per heavy atom. The monoisotopic (exact) mass is 291 g/mol. The van der Waals surface area contributed by atoms with Crippen molar-refractivity contribution in [2.24, 2.45) is 0 Å². The minimum absolute atomic E-state index is 0.0775. The van der Waals surface area contributed by atoms with Crippen LogP contribution in [0.2, 0.25) is 0 Å². The number of anilines is 2. The molecule has 116 valence electrons. The van der Waals surface area contributed by atoms with Crippen LogP contribution in [0.1, 0.15) is 32.3 Å².